The molecule has 1 unspecified atom stereocenters. The van der Waals surface area contributed by atoms with E-state index in [-0.39, 0.29) is 19.1 Å². The largest absolute Gasteiger partial charge is 0.444 e. The molecule has 2 N–H and O–H groups in total. The maximum absolute atomic E-state index is 13.7. The number of nitrogens with zero attached hydrogens (tertiary/aromatic N) is 1. The summed E-state index contributed by atoms with van der Waals surface area (Å²) in [6.07, 6.45) is 0.977. The standard InChI is InChI=1S/C36H44N3O6P/c1-9-43-46(42,44-10-2)21-20-26-19-18-25-22-27(38-33(40)32(35(3,4)5)39-34(41)45-36(6,7)8)23-30(31(25)37-26)29-17-13-15-24-14-11-12-16-28(24)29/h11-23,32H,9-10H2,1-8H3,(H,38,40)(H,39,41)/b21-20+. The minimum Gasteiger partial charge on any atom is -0.444 e. The lowest BCUT2D eigenvalue weighted by atomic mass is 9.86. The van der Waals surface area contributed by atoms with Crippen LogP contribution >= 0.6 is 7.60 Å². The number of benzene rings is 3. The van der Waals surface area contributed by atoms with Crippen molar-refractivity contribution in [1.82, 2.24) is 10.3 Å². The molecule has 2 amide bonds. The summed E-state index contributed by atoms with van der Waals surface area (Å²) in [6, 6.07) is 20.7. The Morgan fingerprint density at radius 2 is 1.54 bits per heavy atom. The number of rotatable bonds is 10. The lowest BCUT2D eigenvalue weighted by Gasteiger charge is -2.31. The maximum atomic E-state index is 13.7. The topological polar surface area (TPSA) is 116 Å². The van der Waals surface area contributed by atoms with Crippen LogP contribution in [0.4, 0.5) is 10.5 Å². The van der Waals surface area contributed by atoms with Gasteiger partial charge in [-0.2, -0.15) is 0 Å². The lowest BCUT2D eigenvalue weighted by molar-refractivity contribution is -0.120. The SMILES string of the molecule is CCOP(=O)(/C=C/c1ccc2cc(NC(=O)C(NC(=O)OC(C)(C)C)C(C)(C)C)cc(-c3cccc4ccccc34)c2n1)OCC. The van der Waals surface area contributed by atoms with E-state index in [1.54, 1.807) is 40.7 Å². The highest BCUT2D eigenvalue weighted by Crippen LogP contribution is 2.50. The predicted molar refractivity (Wildman–Crippen MR) is 186 cm³/mol. The number of alkyl carbamates (subject to hydrolysis) is 1. The van der Waals surface area contributed by atoms with Gasteiger partial charge in [-0.25, -0.2) is 9.78 Å². The van der Waals surface area contributed by atoms with E-state index in [2.05, 4.69) is 10.6 Å². The zero-order chi connectivity index (χ0) is 33.7. The highest BCUT2D eigenvalue weighted by Gasteiger charge is 2.34. The van der Waals surface area contributed by atoms with E-state index in [1.807, 2.05) is 87.5 Å². The lowest BCUT2D eigenvalue weighted by Crippen LogP contribution is -2.52. The van der Waals surface area contributed by atoms with Crippen molar-refractivity contribution in [3.8, 4) is 11.1 Å². The zero-order valence-electron chi connectivity index (χ0n) is 27.8. The van der Waals surface area contributed by atoms with Crippen molar-refractivity contribution < 1.29 is 27.9 Å². The molecule has 0 aliphatic carbocycles. The zero-order valence-corrected chi connectivity index (χ0v) is 28.7. The molecular formula is C36H44N3O6P. The molecule has 1 atom stereocenters. The predicted octanol–water partition coefficient (Wildman–Crippen LogP) is 9.17. The second kappa shape index (κ2) is 14.2. The molecule has 9 nitrogen and oxygen atoms in total. The number of hydrogen-bond acceptors (Lipinski definition) is 7. The molecule has 4 aromatic rings. The minimum atomic E-state index is -3.42. The summed E-state index contributed by atoms with van der Waals surface area (Å²) >= 11 is 0. The molecule has 1 aromatic heterocycles. The van der Waals surface area contributed by atoms with Crippen LogP contribution in [0.5, 0.6) is 0 Å². The Morgan fingerprint density at radius 3 is 2.20 bits per heavy atom. The molecule has 0 bridgehead atoms. The van der Waals surface area contributed by atoms with Gasteiger partial charge in [0.25, 0.3) is 0 Å². The van der Waals surface area contributed by atoms with Gasteiger partial charge in [-0.3, -0.25) is 9.36 Å². The number of aromatic nitrogens is 1. The van der Waals surface area contributed by atoms with Gasteiger partial charge in [-0.1, -0.05) is 69.3 Å². The summed E-state index contributed by atoms with van der Waals surface area (Å²) in [7, 11) is -3.42. The molecule has 244 valence electrons. The molecule has 0 spiro atoms. The van der Waals surface area contributed by atoms with Crippen molar-refractivity contribution in [3.05, 3.63) is 78.2 Å². The molecule has 0 fully saturated rings. The van der Waals surface area contributed by atoms with Crippen LogP contribution in [0.3, 0.4) is 0 Å². The summed E-state index contributed by atoms with van der Waals surface area (Å²) in [5, 5.41) is 8.65. The quantitative estimate of drug-likeness (QED) is 0.165. The van der Waals surface area contributed by atoms with Gasteiger partial charge in [-0.15, -0.1) is 0 Å². The van der Waals surface area contributed by atoms with Crippen LogP contribution in [-0.4, -0.2) is 41.8 Å². The molecule has 0 aliphatic rings. The average molecular weight is 646 g/mol. The van der Waals surface area contributed by atoms with Crippen molar-refractivity contribution in [3.63, 3.8) is 0 Å². The fourth-order valence-electron chi connectivity index (χ4n) is 5.05. The molecule has 4 rings (SSSR count). The fraction of sp³-hybridized carbons (Fsp3) is 0.361. The Bertz CT molecular complexity index is 1790. The summed E-state index contributed by atoms with van der Waals surface area (Å²) in [4.78, 5) is 31.4. The van der Waals surface area contributed by atoms with Crippen molar-refractivity contribution in [1.29, 1.82) is 0 Å². The van der Waals surface area contributed by atoms with Gasteiger partial charge in [0.15, 0.2) is 0 Å². The van der Waals surface area contributed by atoms with Crippen molar-refractivity contribution in [2.45, 2.75) is 67.0 Å². The van der Waals surface area contributed by atoms with Crippen LogP contribution in [0.1, 0.15) is 61.1 Å². The van der Waals surface area contributed by atoms with E-state index in [0.29, 0.717) is 16.9 Å². The second-order valence-electron chi connectivity index (χ2n) is 13.0. The molecule has 0 aliphatic heterocycles. The van der Waals surface area contributed by atoms with E-state index in [4.69, 9.17) is 18.8 Å². The van der Waals surface area contributed by atoms with E-state index < -0.39 is 30.7 Å². The summed E-state index contributed by atoms with van der Waals surface area (Å²) in [5.74, 6) is 1.06. The van der Waals surface area contributed by atoms with Crippen LogP contribution in [0.2, 0.25) is 0 Å². The van der Waals surface area contributed by atoms with Crippen LogP contribution in [-0.2, 0) is 23.1 Å². The van der Waals surface area contributed by atoms with Gasteiger partial charge in [0.05, 0.1) is 24.4 Å². The number of ether oxygens (including phenoxy) is 1. The number of pyridine rings is 1. The van der Waals surface area contributed by atoms with Crippen molar-refractivity contribution in [2.75, 3.05) is 18.5 Å². The monoisotopic (exact) mass is 645 g/mol. The number of carbonyl (C=O) groups is 2. The van der Waals surface area contributed by atoms with E-state index in [9.17, 15) is 14.2 Å². The van der Waals surface area contributed by atoms with Crippen molar-refractivity contribution >= 4 is 53.0 Å². The first-order valence-corrected chi connectivity index (χ1v) is 17.0. The molecule has 0 saturated heterocycles. The number of carbonyl (C=O) groups excluding carboxylic acids is 2. The first-order valence-electron chi connectivity index (χ1n) is 15.4. The molecule has 0 radical (unpaired) electrons. The Kier molecular flexibility index (Phi) is 10.7. The molecule has 1 heterocycles. The maximum Gasteiger partial charge on any atom is 0.408 e. The number of nitrogens with one attached hydrogen (secondary N) is 2. The Labute approximate surface area is 271 Å². The highest BCUT2D eigenvalue weighted by molar-refractivity contribution is 7.57. The van der Waals surface area contributed by atoms with E-state index >= 15 is 0 Å². The minimum absolute atomic E-state index is 0.246. The molecular weight excluding hydrogens is 601 g/mol. The van der Waals surface area contributed by atoms with Gasteiger partial charge in [-0.05, 0) is 80.6 Å². The number of fused-ring (bicyclic) bond motifs is 2. The highest BCUT2D eigenvalue weighted by atomic mass is 31.2. The first kappa shape index (κ1) is 34.8. The van der Waals surface area contributed by atoms with Gasteiger partial charge in [0.1, 0.15) is 11.6 Å². The van der Waals surface area contributed by atoms with Crippen LogP contribution < -0.4 is 10.6 Å². The normalized spacial score (nSPS) is 13.2. The Morgan fingerprint density at radius 1 is 0.870 bits per heavy atom. The molecule has 10 heteroatoms. The van der Waals surface area contributed by atoms with Crippen LogP contribution in [0.25, 0.3) is 38.9 Å². The third-order valence-electron chi connectivity index (χ3n) is 7.00. The van der Waals surface area contributed by atoms with Gasteiger partial charge in [0.2, 0.25) is 5.91 Å². The smallest absolute Gasteiger partial charge is 0.408 e. The molecule has 46 heavy (non-hydrogen) atoms. The van der Waals surface area contributed by atoms with Crippen LogP contribution in [0, 0.1) is 5.41 Å². The third-order valence-corrected chi connectivity index (χ3v) is 8.75. The van der Waals surface area contributed by atoms with Crippen LogP contribution in [0.15, 0.2) is 72.5 Å². The van der Waals surface area contributed by atoms with E-state index in [0.717, 1.165) is 27.3 Å². The summed E-state index contributed by atoms with van der Waals surface area (Å²) < 4.78 is 29.3. The Hall–Kier alpha value is -4.04. The number of amides is 2. The van der Waals surface area contributed by atoms with Gasteiger partial charge >= 0.3 is 13.7 Å². The third kappa shape index (κ3) is 8.81. The van der Waals surface area contributed by atoms with Crippen molar-refractivity contribution in [2.24, 2.45) is 5.41 Å². The van der Waals surface area contributed by atoms with E-state index in [1.165, 1.54) is 5.82 Å². The first-order chi connectivity index (χ1) is 21.6. The fourth-order valence-corrected chi connectivity index (χ4v) is 6.35. The number of hydrogen-bond donors (Lipinski definition) is 2. The summed E-state index contributed by atoms with van der Waals surface area (Å²) in [6.45, 7) is 15.0. The van der Waals surface area contributed by atoms with Gasteiger partial charge in [0, 0.05) is 22.5 Å². The molecule has 0 saturated carbocycles. The summed E-state index contributed by atoms with van der Waals surface area (Å²) in [5.41, 5.74) is 2.22. The average Bonchev–Trinajstić information content (AvgIpc) is 2.97. The number of anilines is 1. The van der Waals surface area contributed by atoms with Gasteiger partial charge < -0.3 is 24.4 Å². The second-order valence-corrected chi connectivity index (χ2v) is 14.9. The molecule has 3 aromatic carbocycles. The Balaban J connectivity index is 1.81.